The number of nitriles is 1. The maximum absolute atomic E-state index is 9.35. The van der Waals surface area contributed by atoms with E-state index in [0.717, 1.165) is 28.1 Å². The first kappa shape index (κ1) is 16.6. The highest BCUT2D eigenvalue weighted by Gasteiger charge is 2.10. The zero-order chi connectivity index (χ0) is 17.6. The molecular formula is C20H19N3O2. The molecule has 0 bridgehead atoms. The topological polar surface area (TPSA) is 67.2 Å². The number of benzene rings is 2. The lowest BCUT2D eigenvalue weighted by Crippen LogP contribution is -2.23. The molecule has 1 unspecified atom stereocenters. The molecule has 1 N–H and O–H groups in total. The molecule has 1 heterocycles. The second-order valence-electron chi connectivity index (χ2n) is 5.66. The van der Waals surface area contributed by atoms with E-state index in [9.17, 15) is 5.26 Å². The Morgan fingerprint density at radius 1 is 1.12 bits per heavy atom. The Balaban J connectivity index is 1.72. The van der Waals surface area contributed by atoms with Gasteiger partial charge in [0.2, 0.25) is 0 Å². The molecule has 0 fully saturated rings. The molecule has 2 aromatic carbocycles. The average Bonchev–Trinajstić information content (AvgIpc) is 2.66. The SMILES string of the molecule is COc1ccc(OC(C)CNc2c(C#N)cnc3ccccc23)cc1. The van der Waals surface area contributed by atoms with Gasteiger partial charge in [-0.15, -0.1) is 0 Å². The smallest absolute Gasteiger partial charge is 0.120 e. The lowest BCUT2D eigenvalue weighted by atomic mass is 10.1. The molecule has 0 aliphatic carbocycles. The van der Waals surface area contributed by atoms with E-state index in [1.165, 1.54) is 0 Å². The Morgan fingerprint density at radius 2 is 1.84 bits per heavy atom. The van der Waals surface area contributed by atoms with Gasteiger partial charge in [-0.05, 0) is 37.3 Å². The van der Waals surface area contributed by atoms with E-state index < -0.39 is 0 Å². The minimum absolute atomic E-state index is 0.0770. The summed E-state index contributed by atoms with van der Waals surface area (Å²) in [5.74, 6) is 1.57. The normalized spacial score (nSPS) is 11.6. The Kier molecular flexibility index (Phi) is 5.00. The zero-order valence-electron chi connectivity index (χ0n) is 14.2. The molecule has 3 rings (SSSR count). The number of nitrogens with one attached hydrogen (secondary N) is 1. The molecule has 5 heteroatoms. The van der Waals surface area contributed by atoms with Crippen molar-refractivity contribution in [2.24, 2.45) is 0 Å². The van der Waals surface area contributed by atoms with Crippen LogP contribution in [-0.2, 0) is 0 Å². The Morgan fingerprint density at radius 3 is 2.56 bits per heavy atom. The van der Waals surface area contributed by atoms with Crippen LogP contribution in [0.1, 0.15) is 12.5 Å². The van der Waals surface area contributed by atoms with Gasteiger partial charge < -0.3 is 14.8 Å². The molecule has 0 saturated carbocycles. The molecule has 1 atom stereocenters. The van der Waals surface area contributed by atoms with Crippen molar-refractivity contribution in [2.45, 2.75) is 13.0 Å². The molecule has 0 spiro atoms. The summed E-state index contributed by atoms with van der Waals surface area (Å²) < 4.78 is 11.0. The van der Waals surface area contributed by atoms with Gasteiger partial charge >= 0.3 is 0 Å². The van der Waals surface area contributed by atoms with Crippen LogP contribution in [0.25, 0.3) is 10.9 Å². The van der Waals surface area contributed by atoms with Crippen molar-refractivity contribution in [2.75, 3.05) is 19.0 Å². The highest BCUT2D eigenvalue weighted by molar-refractivity contribution is 5.93. The molecule has 0 aliphatic heterocycles. The van der Waals surface area contributed by atoms with Gasteiger partial charge in [-0.1, -0.05) is 18.2 Å². The van der Waals surface area contributed by atoms with Crippen LogP contribution in [-0.4, -0.2) is 24.7 Å². The van der Waals surface area contributed by atoms with Gasteiger partial charge in [-0.25, -0.2) is 0 Å². The van der Waals surface area contributed by atoms with Crippen LogP contribution in [0.2, 0.25) is 0 Å². The number of fused-ring (bicyclic) bond motifs is 1. The van der Waals surface area contributed by atoms with Crippen LogP contribution < -0.4 is 14.8 Å². The van der Waals surface area contributed by atoms with Crippen LogP contribution in [0, 0.1) is 11.3 Å². The third-order valence-corrected chi connectivity index (χ3v) is 3.86. The fraction of sp³-hybridized carbons (Fsp3) is 0.200. The van der Waals surface area contributed by atoms with Crippen molar-refractivity contribution in [3.05, 3.63) is 60.3 Å². The molecule has 0 amide bonds. The second-order valence-corrected chi connectivity index (χ2v) is 5.66. The van der Waals surface area contributed by atoms with Crippen molar-refractivity contribution in [3.63, 3.8) is 0 Å². The number of pyridine rings is 1. The van der Waals surface area contributed by atoms with E-state index in [1.807, 2.05) is 55.5 Å². The van der Waals surface area contributed by atoms with Gasteiger partial charge in [0.1, 0.15) is 23.7 Å². The quantitative estimate of drug-likeness (QED) is 0.738. The fourth-order valence-corrected chi connectivity index (χ4v) is 2.59. The van der Waals surface area contributed by atoms with Crippen LogP contribution in [0.15, 0.2) is 54.7 Å². The fourth-order valence-electron chi connectivity index (χ4n) is 2.59. The first-order valence-electron chi connectivity index (χ1n) is 8.03. The highest BCUT2D eigenvalue weighted by Crippen LogP contribution is 2.25. The van der Waals surface area contributed by atoms with Crippen LogP contribution in [0.4, 0.5) is 5.69 Å². The number of methoxy groups -OCH3 is 1. The number of nitrogens with zero attached hydrogens (tertiary/aromatic N) is 2. The van der Waals surface area contributed by atoms with E-state index in [2.05, 4.69) is 16.4 Å². The van der Waals surface area contributed by atoms with Crippen LogP contribution in [0.3, 0.4) is 0 Å². The molecule has 126 valence electrons. The first-order valence-corrected chi connectivity index (χ1v) is 8.03. The molecule has 25 heavy (non-hydrogen) atoms. The summed E-state index contributed by atoms with van der Waals surface area (Å²) in [7, 11) is 1.63. The highest BCUT2D eigenvalue weighted by atomic mass is 16.5. The van der Waals surface area contributed by atoms with Crippen molar-refractivity contribution < 1.29 is 9.47 Å². The van der Waals surface area contributed by atoms with E-state index in [4.69, 9.17) is 9.47 Å². The molecule has 0 saturated heterocycles. The Hall–Kier alpha value is -3.26. The number of ether oxygens (including phenoxy) is 2. The third kappa shape index (κ3) is 3.81. The lowest BCUT2D eigenvalue weighted by Gasteiger charge is -2.18. The Labute approximate surface area is 146 Å². The standard InChI is InChI=1S/C20H19N3O2/c1-14(25-17-9-7-16(24-2)8-10-17)12-23-20-15(11-21)13-22-19-6-4-3-5-18(19)20/h3-10,13-14H,12H2,1-2H3,(H,22,23). The molecule has 0 aliphatic rings. The number of hydrogen-bond donors (Lipinski definition) is 1. The summed E-state index contributed by atoms with van der Waals surface area (Å²) in [5.41, 5.74) is 2.17. The lowest BCUT2D eigenvalue weighted by molar-refractivity contribution is 0.234. The summed E-state index contributed by atoms with van der Waals surface area (Å²) in [6.07, 6.45) is 1.52. The minimum atomic E-state index is -0.0770. The molecule has 3 aromatic rings. The van der Waals surface area contributed by atoms with Crippen molar-refractivity contribution in [1.29, 1.82) is 5.26 Å². The number of hydrogen-bond acceptors (Lipinski definition) is 5. The largest absolute Gasteiger partial charge is 0.497 e. The summed E-state index contributed by atoms with van der Waals surface area (Å²) in [6, 6.07) is 17.4. The summed E-state index contributed by atoms with van der Waals surface area (Å²) in [5, 5.41) is 13.6. The minimum Gasteiger partial charge on any atom is -0.497 e. The van der Waals surface area contributed by atoms with Gasteiger partial charge in [0.15, 0.2) is 0 Å². The van der Waals surface area contributed by atoms with E-state index in [0.29, 0.717) is 12.1 Å². The van der Waals surface area contributed by atoms with E-state index in [-0.39, 0.29) is 6.10 Å². The summed E-state index contributed by atoms with van der Waals surface area (Å²) >= 11 is 0. The summed E-state index contributed by atoms with van der Waals surface area (Å²) in [4.78, 5) is 4.32. The second kappa shape index (κ2) is 7.54. The molecular weight excluding hydrogens is 314 g/mol. The molecule has 0 radical (unpaired) electrons. The van der Waals surface area contributed by atoms with Crippen LogP contribution in [0.5, 0.6) is 11.5 Å². The van der Waals surface area contributed by atoms with Crippen molar-refractivity contribution in [1.82, 2.24) is 4.98 Å². The van der Waals surface area contributed by atoms with Crippen molar-refractivity contribution in [3.8, 4) is 17.6 Å². The Bertz CT molecular complexity index is 901. The molecule has 5 nitrogen and oxygen atoms in total. The number of rotatable bonds is 6. The summed E-state index contributed by atoms with van der Waals surface area (Å²) in [6.45, 7) is 2.54. The van der Waals surface area contributed by atoms with Crippen molar-refractivity contribution >= 4 is 16.6 Å². The van der Waals surface area contributed by atoms with Gasteiger partial charge in [0, 0.05) is 11.6 Å². The van der Waals surface area contributed by atoms with Gasteiger partial charge in [0.05, 0.1) is 30.4 Å². The number of aromatic nitrogens is 1. The first-order chi connectivity index (χ1) is 12.2. The third-order valence-electron chi connectivity index (χ3n) is 3.86. The average molecular weight is 333 g/mol. The van der Waals surface area contributed by atoms with Gasteiger partial charge in [-0.2, -0.15) is 5.26 Å². The predicted octanol–water partition coefficient (Wildman–Crippen LogP) is 3.99. The maximum Gasteiger partial charge on any atom is 0.120 e. The van der Waals surface area contributed by atoms with Gasteiger partial charge in [-0.3, -0.25) is 4.98 Å². The van der Waals surface area contributed by atoms with Crippen LogP contribution >= 0.6 is 0 Å². The monoisotopic (exact) mass is 333 g/mol. The van der Waals surface area contributed by atoms with E-state index in [1.54, 1.807) is 13.3 Å². The maximum atomic E-state index is 9.35. The number of para-hydroxylation sites is 1. The van der Waals surface area contributed by atoms with Gasteiger partial charge in [0.25, 0.3) is 0 Å². The predicted molar refractivity (Wildman–Crippen MR) is 98.0 cm³/mol. The molecule has 1 aromatic heterocycles. The zero-order valence-corrected chi connectivity index (χ0v) is 14.2. The van der Waals surface area contributed by atoms with E-state index >= 15 is 0 Å². The number of anilines is 1.